The van der Waals surface area contributed by atoms with E-state index in [1.54, 1.807) is 53.7 Å². The zero-order valence-electron chi connectivity index (χ0n) is 14.4. The van der Waals surface area contributed by atoms with Crippen LogP contribution in [0.2, 0.25) is 0 Å². The predicted octanol–water partition coefficient (Wildman–Crippen LogP) is 3.11. The average molecular weight is 367 g/mol. The smallest absolute Gasteiger partial charge is 0.256 e. The number of hydrogen-bond acceptors (Lipinski definition) is 5. The predicted molar refractivity (Wildman–Crippen MR) is 98.0 cm³/mol. The Labute approximate surface area is 150 Å². The lowest BCUT2D eigenvalue weighted by molar-refractivity contribution is 0.0423. The minimum absolute atomic E-state index is 0.00364. The first-order valence-corrected chi connectivity index (χ1v) is 9.30. The highest BCUT2D eigenvalue weighted by Crippen LogP contribution is 2.19. The number of ether oxygens (including phenoxy) is 1. The molecule has 0 fully saturated rings. The van der Waals surface area contributed by atoms with Crippen LogP contribution in [0.5, 0.6) is 0 Å². The molecule has 0 aliphatic carbocycles. The highest BCUT2D eigenvalue weighted by atomic mass is 32.1. The highest BCUT2D eigenvalue weighted by Gasteiger charge is 2.17. The Morgan fingerprint density at radius 1 is 1.08 bits per heavy atom. The molecule has 0 bridgehead atoms. The van der Waals surface area contributed by atoms with Crippen LogP contribution in [0, 0.1) is 6.92 Å². The molecule has 7 heteroatoms. The number of aryl methyl sites for hydroxylation is 1. The van der Waals surface area contributed by atoms with Gasteiger partial charge in [-0.25, -0.2) is 0 Å². The SMILES string of the molecule is COCN(CCc1cc(C(=O)N(C)C)cs1)C(=O)c1csc(C)c1. The highest BCUT2D eigenvalue weighted by molar-refractivity contribution is 7.10. The molecule has 0 spiro atoms. The third-order valence-corrected chi connectivity index (χ3v) is 5.34. The second kappa shape index (κ2) is 8.41. The molecule has 0 atom stereocenters. The van der Waals surface area contributed by atoms with Gasteiger partial charge in [0.25, 0.3) is 11.8 Å². The van der Waals surface area contributed by atoms with E-state index in [4.69, 9.17) is 4.74 Å². The summed E-state index contributed by atoms with van der Waals surface area (Å²) in [5, 5.41) is 3.74. The second-order valence-electron chi connectivity index (χ2n) is 5.68. The molecule has 2 amide bonds. The number of nitrogens with zero attached hydrogens (tertiary/aromatic N) is 2. The zero-order chi connectivity index (χ0) is 17.7. The lowest BCUT2D eigenvalue weighted by Gasteiger charge is -2.20. The van der Waals surface area contributed by atoms with Crippen LogP contribution >= 0.6 is 22.7 Å². The van der Waals surface area contributed by atoms with Gasteiger partial charge >= 0.3 is 0 Å². The summed E-state index contributed by atoms with van der Waals surface area (Å²) in [6.45, 7) is 2.79. The summed E-state index contributed by atoms with van der Waals surface area (Å²) in [5.41, 5.74) is 1.39. The van der Waals surface area contributed by atoms with Crippen molar-refractivity contribution in [1.82, 2.24) is 9.80 Å². The summed E-state index contributed by atoms with van der Waals surface area (Å²) in [7, 11) is 5.06. The fourth-order valence-corrected chi connectivity index (χ4v) is 3.77. The summed E-state index contributed by atoms with van der Waals surface area (Å²) < 4.78 is 5.17. The third-order valence-electron chi connectivity index (χ3n) is 3.48. The van der Waals surface area contributed by atoms with E-state index in [1.165, 1.54) is 0 Å². The standard InChI is InChI=1S/C17H22N2O3S2/c1-12-7-13(9-23-12)17(21)19(11-22-4)6-5-15-8-14(10-24-15)16(20)18(2)3/h7-10H,5-6,11H2,1-4H3. The van der Waals surface area contributed by atoms with E-state index in [0.717, 1.165) is 9.75 Å². The van der Waals surface area contributed by atoms with Gasteiger partial charge in [-0.1, -0.05) is 0 Å². The van der Waals surface area contributed by atoms with Crippen LogP contribution in [0.1, 0.15) is 30.5 Å². The van der Waals surface area contributed by atoms with Crippen LogP contribution in [0.25, 0.3) is 0 Å². The summed E-state index contributed by atoms with van der Waals surface area (Å²) in [4.78, 5) is 30.0. The fourth-order valence-electron chi connectivity index (χ4n) is 2.25. The van der Waals surface area contributed by atoms with Gasteiger partial charge < -0.3 is 14.5 Å². The first-order chi connectivity index (χ1) is 11.4. The van der Waals surface area contributed by atoms with Gasteiger partial charge in [0.2, 0.25) is 0 Å². The second-order valence-corrected chi connectivity index (χ2v) is 7.79. The summed E-state index contributed by atoms with van der Waals surface area (Å²) in [6.07, 6.45) is 0.698. The summed E-state index contributed by atoms with van der Waals surface area (Å²) >= 11 is 3.11. The Morgan fingerprint density at radius 3 is 2.33 bits per heavy atom. The first-order valence-electron chi connectivity index (χ1n) is 7.54. The molecule has 2 aromatic heterocycles. The first kappa shape index (κ1) is 18.6. The van der Waals surface area contributed by atoms with Crippen molar-refractivity contribution in [2.24, 2.45) is 0 Å². The minimum Gasteiger partial charge on any atom is -0.364 e. The van der Waals surface area contributed by atoms with Crippen molar-refractivity contribution in [2.45, 2.75) is 13.3 Å². The maximum absolute atomic E-state index is 12.6. The topological polar surface area (TPSA) is 49.9 Å². The van der Waals surface area contributed by atoms with Crippen LogP contribution in [0.3, 0.4) is 0 Å². The molecule has 2 rings (SSSR count). The van der Waals surface area contributed by atoms with Crippen LogP contribution in [0.15, 0.2) is 22.9 Å². The van der Waals surface area contributed by atoms with Crippen molar-refractivity contribution >= 4 is 34.5 Å². The van der Waals surface area contributed by atoms with Crippen LogP contribution in [-0.4, -0.2) is 56.1 Å². The molecule has 0 radical (unpaired) electrons. The van der Waals surface area contributed by atoms with Crippen molar-refractivity contribution in [1.29, 1.82) is 0 Å². The Morgan fingerprint density at radius 2 is 1.75 bits per heavy atom. The molecule has 130 valence electrons. The van der Waals surface area contributed by atoms with Crippen LogP contribution < -0.4 is 0 Å². The zero-order valence-corrected chi connectivity index (χ0v) is 16.0. The molecule has 0 aliphatic heterocycles. The quantitative estimate of drug-likeness (QED) is 0.708. The minimum atomic E-state index is -0.0256. The van der Waals surface area contributed by atoms with Crippen molar-refractivity contribution in [3.05, 3.63) is 43.8 Å². The van der Waals surface area contributed by atoms with Gasteiger partial charge in [0.1, 0.15) is 6.73 Å². The van der Waals surface area contributed by atoms with E-state index in [1.807, 2.05) is 29.8 Å². The molecule has 5 nitrogen and oxygen atoms in total. The molecule has 0 aromatic carbocycles. The molecular weight excluding hydrogens is 344 g/mol. The van der Waals surface area contributed by atoms with E-state index in [-0.39, 0.29) is 18.5 Å². The van der Waals surface area contributed by atoms with E-state index < -0.39 is 0 Å². The van der Waals surface area contributed by atoms with Crippen molar-refractivity contribution < 1.29 is 14.3 Å². The molecule has 24 heavy (non-hydrogen) atoms. The molecular formula is C17H22N2O3S2. The van der Waals surface area contributed by atoms with Gasteiger partial charge in [0.05, 0.1) is 11.1 Å². The Kier molecular flexibility index (Phi) is 6.53. The molecule has 0 saturated heterocycles. The van der Waals surface area contributed by atoms with Crippen LogP contribution in [0.4, 0.5) is 0 Å². The Hall–Kier alpha value is -1.70. The largest absolute Gasteiger partial charge is 0.364 e. The lowest BCUT2D eigenvalue weighted by Crippen LogP contribution is -2.34. The Balaban J connectivity index is 2.01. The normalized spacial score (nSPS) is 10.7. The van der Waals surface area contributed by atoms with E-state index in [2.05, 4.69) is 0 Å². The van der Waals surface area contributed by atoms with Gasteiger partial charge in [-0.15, -0.1) is 22.7 Å². The van der Waals surface area contributed by atoms with Crippen LogP contribution in [-0.2, 0) is 11.2 Å². The number of thiophene rings is 2. The summed E-state index contributed by atoms with van der Waals surface area (Å²) in [5.74, 6) is -0.0292. The van der Waals surface area contributed by atoms with Gasteiger partial charge in [-0.05, 0) is 25.5 Å². The number of hydrogen-bond donors (Lipinski definition) is 0. The molecule has 0 aliphatic rings. The lowest BCUT2D eigenvalue weighted by atomic mass is 10.2. The maximum Gasteiger partial charge on any atom is 0.256 e. The Bertz CT molecular complexity index is 706. The van der Waals surface area contributed by atoms with E-state index in [0.29, 0.717) is 24.1 Å². The van der Waals surface area contributed by atoms with Gasteiger partial charge in [0, 0.05) is 48.3 Å². The van der Waals surface area contributed by atoms with Crippen molar-refractivity contribution in [3.8, 4) is 0 Å². The monoisotopic (exact) mass is 366 g/mol. The number of amides is 2. The fraction of sp³-hybridized carbons (Fsp3) is 0.412. The molecule has 0 unspecified atom stereocenters. The van der Waals surface area contributed by atoms with E-state index in [9.17, 15) is 9.59 Å². The number of carbonyl (C=O) groups is 2. The molecule has 2 aromatic rings. The summed E-state index contributed by atoms with van der Waals surface area (Å²) in [6, 6.07) is 3.80. The molecule has 2 heterocycles. The van der Waals surface area contributed by atoms with Crippen molar-refractivity contribution in [3.63, 3.8) is 0 Å². The van der Waals surface area contributed by atoms with Crippen molar-refractivity contribution in [2.75, 3.05) is 34.5 Å². The number of methoxy groups -OCH3 is 1. The van der Waals surface area contributed by atoms with Gasteiger partial charge in [0.15, 0.2) is 0 Å². The third kappa shape index (κ3) is 4.66. The maximum atomic E-state index is 12.6. The van der Waals surface area contributed by atoms with E-state index >= 15 is 0 Å². The van der Waals surface area contributed by atoms with Gasteiger partial charge in [-0.3, -0.25) is 9.59 Å². The number of carbonyl (C=O) groups excluding carboxylic acids is 2. The number of rotatable bonds is 7. The molecule has 0 N–H and O–H groups in total. The van der Waals surface area contributed by atoms with Gasteiger partial charge in [-0.2, -0.15) is 0 Å². The molecule has 0 saturated carbocycles. The average Bonchev–Trinajstić information content (AvgIpc) is 3.19.